The van der Waals surface area contributed by atoms with Crippen molar-refractivity contribution in [3.05, 3.63) is 65.7 Å². The monoisotopic (exact) mass is 379 g/mol. The van der Waals surface area contributed by atoms with Crippen LogP contribution in [0.4, 0.5) is 0 Å². The van der Waals surface area contributed by atoms with Crippen molar-refractivity contribution in [2.24, 2.45) is 4.99 Å². The van der Waals surface area contributed by atoms with E-state index in [2.05, 4.69) is 32.5 Å². The lowest BCUT2D eigenvalue weighted by Gasteiger charge is -2.10. The summed E-state index contributed by atoms with van der Waals surface area (Å²) in [5.74, 6) is 1.90. The van der Waals surface area contributed by atoms with Gasteiger partial charge in [-0.2, -0.15) is 0 Å². The first-order valence-corrected chi connectivity index (χ1v) is 9.20. The van der Waals surface area contributed by atoms with Crippen LogP contribution in [0, 0.1) is 6.92 Å². The normalized spacial score (nSPS) is 11.3. The number of hydrogen-bond donors (Lipinski definition) is 2. The van der Waals surface area contributed by atoms with Crippen molar-refractivity contribution in [1.82, 2.24) is 20.6 Å². The van der Waals surface area contributed by atoms with E-state index in [-0.39, 0.29) is 0 Å². The fraction of sp³-hybridized carbons (Fsp3) is 0.286. The highest BCUT2D eigenvalue weighted by Gasteiger charge is 2.07. The van der Waals surface area contributed by atoms with Crippen LogP contribution in [-0.2, 0) is 13.1 Å². The summed E-state index contributed by atoms with van der Waals surface area (Å²) in [7, 11) is 1.60. The number of ether oxygens (including phenoxy) is 1. The van der Waals surface area contributed by atoms with Crippen molar-refractivity contribution >= 4 is 5.96 Å². The number of aryl methyl sites for hydroxylation is 1. The highest BCUT2D eigenvalue weighted by atomic mass is 16.5. The number of hydrogen-bond acceptors (Lipinski definition) is 5. The van der Waals surface area contributed by atoms with E-state index in [9.17, 15) is 0 Å². The number of methoxy groups -OCH3 is 1. The zero-order chi connectivity index (χ0) is 19.8. The molecule has 0 aliphatic rings. The molecule has 0 saturated heterocycles. The molecule has 3 aromatic rings. The Bertz CT molecular complexity index is 919. The van der Waals surface area contributed by atoms with E-state index in [1.807, 2.05) is 43.3 Å². The summed E-state index contributed by atoms with van der Waals surface area (Å²) >= 11 is 0. The molecule has 2 heterocycles. The first-order valence-electron chi connectivity index (χ1n) is 9.20. The number of pyridine rings is 1. The maximum absolute atomic E-state index is 5.61. The first-order chi connectivity index (χ1) is 13.7. The third-order valence-corrected chi connectivity index (χ3v) is 4.06. The predicted octanol–water partition coefficient (Wildman–Crippen LogP) is 3.31. The molecule has 28 heavy (non-hydrogen) atoms. The third kappa shape index (κ3) is 5.33. The molecule has 0 radical (unpaired) electrons. The van der Waals surface area contributed by atoms with Crippen molar-refractivity contribution in [1.29, 1.82) is 0 Å². The average Bonchev–Trinajstić information content (AvgIpc) is 3.20. The van der Waals surface area contributed by atoms with E-state index in [1.54, 1.807) is 19.6 Å². The van der Waals surface area contributed by atoms with Gasteiger partial charge in [-0.15, -0.1) is 0 Å². The molecule has 0 amide bonds. The molecule has 2 aromatic heterocycles. The molecule has 0 unspecified atom stereocenters. The number of oxazole rings is 1. The predicted molar refractivity (Wildman–Crippen MR) is 109 cm³/mol. The molecular weight excluding hydrogens is 354 g/mol. The Morgan fingerprint density at radius 3 is 2.75 bits per heavy atom. The lowest BCUT2D eigenvalue weighted by Crippen LogP contribution is -2.36. The summed E-state index contributed by atoms with van der Waals surface area (Å²) in [4.78, 5) is 13.3. The molecule has 2 N–H and O–H groups in total. The molecule has 0 saturated carbocycles. The molecule has 0 atom stereocenters. The first kappa shape index (κ1) is 19.4. The van der Waals surface area contributed by atoms with E-state index in [4.69, 9.17) is 9.15 Å². The number of aliphatic imine (C=N–C) groups is 1. The van der Waals surface area contributed by atoms with Gasteiger partial charge in [0.1, 0.15) is 6.26 Å². The van der Waals surface area contributed by atoms with Crippen molar-refractivity contribution in [3.8, 4) is 17.3 Å². The average molecular weight is 379 g/mol. The van der Waals surface area contributed by atoms with Crippen LogP contribution < -0.4 is 15.4 Å². The van der Waals surface area contributed by atoms with Crippen molar-refractivity contribution < 1.29 is 9.15 Å². The summed E-state index contributed by atoms with van der Waals surface area (Å²) in [6.07, 6.45) is 3.38. The smallest absolute Gasteiger partial charge is 0.226 e. The highest BCUT2D eigenvalue weighted by molar-refractivity contribution is 5.79. The fourth-order valence-electron chi connectivity index (χ4n) is 2.56. The second-order valence-corrected chi connectivity index (χ2v) is 6.27. The van der Waals surface area contributed by atoms with E-state index in [1.165, 1.54) is 5.56 Å². The van der Waals surface area contributed by atoms with E-state index in [0.717, 1.165) is 23.4 Å². The van der Waals surface area contributed by atoms with Gasteiger partial charge in [-0.05, 0) is 37.6 Å². The molecule has 0 spiro atoms. The van der Waals surface area contributed by atoms with Gasteiger partial charge in [0.15, 0.2) is 5.96 Å². The lowest BCUT2D eigenvalue weighted by molar-refractivity contribution is 0.397. The van der Waals surface area contributed by atoms with Crippen molar-refractivity contribution in [3.63, 3.8) is 0 Å². The summed E-state index contributed by atoms with van der Waals surface area (Å²) in [6.45, 7) is 5.87. The van der Waals surface area contributed by atoms with Gasteiger partial charge in [-0.3, -0.25) is 0 Å². The number of nitrogens with one attached hydrogen (secondary N) is 2. The van der Waals surface area contributed by atoms with Gasteiger partial charge in [0.05, 0.1) is 25.9 Å². The zero-order valence-corrected chi connectivity index (χ0v) is 16.4. The highest BCUT2D eigenvalue weighted by Crippen LogP contribution is 2.19. The number of guanidine groups is 1. The second kappa shape index (κ2) is 9.55. The van der Waals surface area contributed by atoms with Crippen molar-refractivity contribution in [2.75, 3.05) is 13.7 Å². The maximum Gasteiger partial charge on any atom is 0.226 e. The number of rotatable bonds is 7. The van der Waals surface area contributed by atoms with Gasteiger partial charge >= 0.3 is 0 Å². The maximum atomic E-state index is 5.61. The molecular formula is C21H25N5O2. The molecule has 1 aromatic carbocycles. The topological polar surface area (TPSA) is 84.6 Å². The molecule has 0 aliphatic carbocycles. The van der Waals surface area contributed by atoms with Crippen LogP contribution in [0.3, 0.4) is 0 Å². The summed E-state index contributed by atoms with van der Waals surface area (Å²) in [5.41, 5.74) is 4.00. The van der Waals surface area contributed by atoms with Crippen LogP contribution in [0.2, 0.25) is 0 Å². The van der Waals surface area contributed by atoms with E-state index in [0.29, 0.717) is 30.8 Å². The van der Waals surface area contributed by atoms with E-state index < -0.39 is 0 Å². The Morgan fingerprint density at radius 2 is 2.00 bits per heavy atom. The molecule has 0 bridgehead atoms. The van der Waals surface area contributed by atoms with Crippen LogP contribution in [0.25, 0.3) is 11.5 Å². The van der Waals surface area contributed by atoms with Gasteiger partial charge in [0.2, 0.25) is 11.8 Å². The van der Waals surface area contributed by atoms with E-state index >= 15 is 0 Å². The quantitative estimate of drug-likeness (QED) is 0.484. The van der Waals surface area contributed by atoms with Crippen molar-refractivity contribution in [2.45, 2.75) is 26.9 Å². The largest absolute Gasteiger partial charge is 0.481 e. The van der Waals surface area contributed by atoms with Crippen LogP contribution >= 0.6 is 0 Å². The molecule has 146 valence electrons. The minimum absolute atomic E-state index is 0.515. The SMILES string of the molecule is CCNC(=NCc1ccnc(OC)c1)NCc1coc(-c2ccc(C)cc2)n1. The minimum Gasteiger partial charge on any atom is -0.481 e. The molecule has 0 aliphatic heterocycles. The molecule has 7 nitrogen and oxygen atoms in total. The summed E-state index contributed by atoms with van der Waals surface area (Å²) in [5, 5.41) is 6.51. The van der Waals surface area contributed by atoms with Gasteiger partial charge < -0.3 is 19.8 Å². The Kier molecular flexibility index (Phi) is 6.62. The number of benzene rings is 1. The third-order valence-electron chi connectivity index (χ3n) is 4.06. The van der Waals surface area contributed by atoms with Gasteiger partial charge in [0.25, 0.3) is 0 Å². The lowest BCUT2D eigenvalue weighted by atomic mass is 10.1. The zero-order valence-electron chi connectivity index (χ0n) is 16.4. The van der Waals surface area contributed by atoms with Crippen LogP contribution in [-0.4, -0.2) is 29.6 Å². The fourth-order valence-corrected chi connectivity index (χ4v) is 2.56. The molecule has 7 heteroatoms. The molecule has 0 fully saturated rings. The van der Waals surface area contributed by atoms with Gasteiger partial charge in [0, 0.05) is 24.4 Å². The summed E-state index contributed by atoms with van der Waals surface area (Å²) < 4.78 is 10.8. The Labute approximate surface area is 164 Å². The number of nitrogens with zero attached hydrogens (tertiary/aromatic N) is 3. The van der Waals surface area contributed by atoms with Gasteiger partial charge in [-0.1, -0.05) is 17.7 Å². The standard InChI is InChI=1S/C21H25N5O2/c1-4-22-21(24-12-16-9-10-23-19(11-16)27-3)25-13-18-14-28-20(26-18)17-7-5-15(2)6-8-17/h5-11,14H,4,12-13H2,1-3H3,(H2,22,24,25). The Hall–Kier alpha value is -3.35. The molecule has 3 rings (SSSR count). The Balaban J connectivity index is 1.62. The minimum atomic E-state index is 0.515. The number of aromatic nitrogens is 2. The second-order valence-electron chi connectivity index (χ2n) is 6.27. The summed E-state index contributed by atoms with van der Waals surface area (Å²) in [6, 6.07) is 11.9. The van der Waals surface area contributed by atoms with Crippen LogP contribution in [0.1, 0.15) is 23.7 Å². The Morgan fingerprint density at radius 1 is 1.18 bits per heavy atom. The van der Waals surface area contributed by atoms with Crippen LogP contribution in [0.15, 0.2) is 58.3 Å². The van der Waals surface area contributed by atoms with Crippen LogP contribution in [0.5, 0.6) is 5.88 Å². The van der Waals surface area contributed by atoms with Gasteiger partial charge in [-0.25, -0.2) is 15.0 Å².